The van der Waals surface area contributed by atoms with Crippen LogP contribution in [0, 0.1) is 0 Å². The SMILES string of the molecule is C[C@@H](c1ccc(Cl)cc1)n1cc(C(=O)O)nn1. The molecule has 17 heavy (non-hydrogen) atoms. The molecule has 5 nitrogen and oxygen atoms in total. The van der Waals surface area contributed by atoms with Gasteiger partial charge in [0, 0.05) is 5.02 Å². The molecule has 0 aliphatic carbocycles. The van der Waals surface area contributed by atoms with E-state index in [1.165, 1.54) is 10.9 Å². The molecular formula is C11H10ClN3O2. The number of rotatable bonds is 3. The van der Waals surface area contributed by atoms with Crippen molar-refractivity contribution in [1.82, 2.24) is 15.0 Å². The number of aromatic carboxylic acids is 1. The fourth-order valence-corrected chi connectivity index (χ4v) is 1.58. The van der Waals surface area contributed by atoms with E-state index in [1.54, 1.807) is 12.1 Å². The lowest BCUT2D eigenvalue weighted by Crippen LogP contribution is -2.07. The highest BCUT2D eigenvalue weighted by Crippen LogP contribution is 2.19. The van der Waals surface area contributed by atoms with Gasteiger partial charge >= 0.3 is 5.97 Å². The Bertz CT molecular complexity index is 536. The summed E-state index contributed by atoms with van der Waals surface area (Å²) in [6.45, 7) is 1.91. The van der Waals surface area contributed by atoms with Gasteiger partial charge in [-0.1, -0.05) is 28.9 Å². The summed E-state index contributed by atoms with van der Waals surface area (Å²) in [7, 11) is 0. The Morgan fingerprint density at radius 1 is 1.41 bits per heavy atom. The molecule has 0 amide bonds. The number of hydrogen-bond acceptors (Lipinski definition) is 3. The van der Waals surface area contributed by atoms with Crippen molar-refractivity contribution in [2.45, 2.75) is 13.0 Å². The van der Waals surface area contributed by atoms with Crippen molar-refractivity contribution in [3.8, 4) is 0 Å². The van der Waals surface area contributed by atoms with Gasteiger partial charge in [-0.3, -0.25) is 0 Å². The second-order valence-corrected chi connectivity index (χ2v) is 4.05. The molecule has 2 rings (SSSR count). The highest BCUT2D eigenvalue weighted by atomic mass is 35.5. The Morgan fingerprint density at radius 3 is 2.59 bits per heavy atom. The van der Waals surface area contributed by atoms with Crippen LogP contribution in [-0.4, -0.2) is 26.1 Å². The summed E-state index contributed by atoms with van der Waals surface area (Å²) >= 11 is 5.80. The Labute approximate surface area is 103 Å². The molecule has 0 spiro atoms. The molecule has 0 aliphatic heterocycles. The number of carboxylic acids is 1. The molecule has 0 saturated carbocycles. The van der Waals surface area contributed by atoms with Gasteiger partial charge in [0.25, 0.3) is 0 Å². The molecule has 1 N–H and O–H groups in total. The standard InChI is InChI=1S/C11H10ClN3O2/c1-7(8-2-4-9(12)5-3-8)15-6-10(11(16)17)13-14-15/h2-7H,1H3,(H,16,17)/t7-/m0/s1. The first kappa shape index (κ1) is 11.6. The van der Waals surface area contributed by atoms with Crippen molar-refractivity contribution in [1.29, 1.82) is 0 Å². The Morgan fingerprint density at radius 2 is 2.06 bits per heavy atom. The molecule has 2 aromatic rings. The van der Waals surface area contributed by atoms with Gasteiger partial charge in [0.2, 0.25) is 0 Å². The maximum atomic E-state index is 10.7. The second kappa shape index (κ2) is 4.55. The predicted octanol–water partition coefficient (Wildman–Crippen LogP) is 2.24. The van der Waals surface area contributed by atoms with Crippen LogP contribution >= 0.6 is 11.6 Å². The number of benzene rings is 1. The fourth-order valence-electron chi connectivity index (χ4n) is 1.46. The maximum absolute atomic E-state index is 10.7. The minimum Gasteiger partial charge on any atom is -0.476 e. The molecule has 0 saturated heterocycles. The number of nitrogens with zero attached hydrogens (tertiary/aromatic N) is 3. The van der Waals surface area contributed by atoms with E-state index < -0.39 is 5.97 Å². The predicted molar refractivity (Wildman–Crippen MR) is 62.2 cm³/mol. The van der Waals surface area contributed by atoms with Crippen LogP contribution in [0.5, 0.6) is 0 Å². The zero-order valence-corrected chi connectivity index (χ0v) is 9.80. The number of carbonyl (C=O) groups is 1. The van der Waals surface area contributed by atoms with Crippen LogP contribution in [0.3, 0.4) is 0 Å². The second-order valence-electron chi connectivity index (χ2n) is 3.62. The highest BCUT2D eigenvalue weighted by Gasteiger charge is 2.13. The first-order valence-corrected chi connectivity index (χ1v) is 5.36. The third-order valence-electron chi connectivity index (χ3n) is 2.48. The van der Waals surface area contributed by atoms with Crippen molar-refractivity contribution in [2.24, 2.45) is 0 Å². The van der Waals surface area contributed by atoms with E-state index in [0.29, 0.717) is 5.02 Å². The van der Waals surface area contributed by atoms with E-state index in [-0.39, 0.29) is 11.7 Å². The van der Waals surface area contributed by atoms with E-state index in [1.807, 2.05) is 19.1 Å². The monoisotopic (exact) mass is 251 g/mol. The molecule has 0 bridgehead atoms. The molecule has 1 atom stereocenters. The molecule has 0 unspecified atom stereocenters. The summed E-state index contributed by atoms with van der Waals surface area (Å²) in [5.74, 6) is -1.08. The van der Waals surface area contributed by atoms with Gasteiger partial charge in [-0.2, -0.15) is 0 Å². The number of aromatic nitrogens is 3. The fraction of sp³-hybridized carbons (Fsp3) is 0.182. The molecule has 1 aromatic carbocycles. The van der Waals surface area contributed by atoms with Crippen molar-refractivity contribution in [3.05, 3.63) is 46.7 Å². The van der Waals surface area contributed by atoms with Crippen LogP contribution in [0.25, 0.3) is 0 Å². The lowest BCUT2D eigenvalue weighted by atomic mass is 10.1. The first-order chi connectivity index (χ1) is 8.08. The molecule has 88 valence electrons. The molecule has 0 aliphatic rings. The van der Waals surface area contributed by atoms with E-state index in [4.69, 9.17) is 16.7 Å². The minimum atomic E-state index is -1.08. The molecule has 6 heteroatoms. The van der Waals surface area contributed by atoms with Crippen LogP contribution in [0.4, 0.5) is 0 Å². The number of carboxylic acid groups (broad SMARTS) is 1. The van der Waals surface area contributed by atoms with Crippen molar-refractivity contribution >= 4 is 17.6 Å². The lowest BCUT2D eigenvalue weighted by Gasteiger charge is -2.11. The van der Waals surface area contributed by atoms with Gasteiger partial charge in [0.15, 0.2) is 5.69 Å². The zero-order chi connectivity index (χ0) is 12.4. The van der Waals surface area contributed by atoms with Gasteiger partial charge in [0.05, 0.1) is 12.2 Å². The van der Waals surface area contributed by atoms with Crippen molar-refractivity contribution < 1.29 is 9.90 Å². The summed E-state index contributed by atoms with van der Waals surface area (Å²) in [5.41, 5.74) is 0.919. The quantitative estimate of drug-likeness (QED) is 0.908. The Balaban J connectivity index is 2.27. The van der Waals surface area contributed by atoms with Crippen LogP contribution < -0.4 is 0 Å². The van der Waals surface area contributed by atoms with Crippen molar-refractivity contribution in [3.63, 3.8) is 0 Å². The largest absolute Gasteiger partial charge is 0.476 e. The summed E-state index contributed by atoms with van der Waals surface area (Å²) in [6, 6.07) is 7.21. The van der Waals surface area contributed by atoms with Crippen molar-refractivity contribution in [2.75, 3.05) is 0 Å². The van der Waals surface area contributed by atoms with Crippen LogP contribution in [0.2, 0.25) is 5.02 Å². The third-order valence-corrected chi connectivity index (χ3v) is 2.73. The summed E-state index contributed by atoms with van der Waals surface area (Å²) in [5, 5.41) is 16.8. The molecule has 1 aromatic heterocycles. The van der Waals surface area contributed by atoms with E-state index >= 15 is 0 Å². The van der Waals surface area contributed by atoms with Gasteiger partial charge in [0.1, 0.15) is 0 Å². The normalized spacial score (nSPS) is 12.4. The molecular weight excluding hydrogens is 242 g/mol. The number of halogens is 1. The first-order valence-electron chi connectivity index (χ1n) is 4.98. The zero-order valence-electron chi connectivity index (χ0n) is 9.04. The molecule has 1 heterocycles. The van der Waals surface area contributed by atoms with Gasteiger partial charge in [-0.15, -0.1) is 5.10 Å². The lowest BCUT2D eigenvalue weighted by molar-refractivity contribution is 0.0690. The topological polar surface area (TPSA) is 68.0 Å². The molecule has 0 fully saturated rings. The van der Waals surface area contributed by atoms with Crippen LogP contribution in [0.1, 0.15) is 29.0 Å². The van der Waals surface area contributed by atoms with Crippen LogP contribution in [-0.2, 0) is 0 Å². The van der Waals surface area contributed by atoms with Crippen LogP contribution in [0.15, 0.2) is 30.5 Å². The average molecular weight is 252 g/mol. The summed E-state index contributed by atoms with van der Waals surface area (Å²) in [6.07, 6.45) is 1.40. The molecule has 0 radical (unpaired) electrons. The smallest absolute Gasteiger partial charge is 0.358 e. The van der Waals surface area contributed by atoms with Gasteiger partial charge in [-0.25, -0.2) is 9.48 Å². The Hall–Kier alpha value is -1.88. The third kappa shape index (κ3) is 2.45. The van der Waals surface area contributed by atoms with Gasteiger partial charge < -0.3 is 5.11 Å². The van der Waals surface area contributed by atoms with E-state index in [2.05, 4.69) is 10.3 Å². The number of hydrogen-bond donors (Lipinski definition) is 1. The van der Waals surface area contributed by atoms with E-state index in [9.17, 15) is 4.79 Å². The minimum absolute atomic E-state index is 0.0641. The van der Waals surface area contributed by atoms with Gasteiger partial charge in [-0.05, 0) is 24.6 Å². The summed E-state index contributed by atoms with van der Waals surface area (Å²) in [4.78, 5) is 10.7. The maximum Gasteiger partial charge on any atom is 0.358 e. The van der Waals surface area contributed by atoms with E-state index in [0.717, 1.165) is 5.56 Å². The highest BCUT2D eigenvalue weighted by molar-refractivity contribution is 6.30. The average Bonchev–Trinajstić information content (AvgIpc) is 2.78. The summed E-state index contributed by atoms with van der Waals surface area (Å²) < 4.78 is 1.51. The Kier molecular flexibility index (Phi) is 3.10.